The summed E-state index contributed by atoms with van der Waals surface area (Å²) in [5, 5.41) is 9.53. The number of carboxylic acid groups (broad SMARTS) is 1. The van der Waals surface area contributed by atoms with Crippen molar-refractivity contribution in [1.82, 2.24) is 4.90 Å². The minimum absolute atomic E-state index is 0.273. The molecule has 1 aliphatic heterocycles. The average Bonchev–Trinajstić information content (AvgIpc) is 2.97. The highest BCUT2D eigenvalue weighted by Gasteiger charge is 2.44. The number of hydrogen-bond donors (Lipinski definition) is 1. The zero-order valence-electron chi connectivity index (χ0n) is 15.1. The number of carbonyl (C=O) groups is 1. The summed E-state index contributed by atoms with van der Waals surface area (Å²) in [5.41, 5.74) is 0. The summed E-state index contributed by atoms with van der Waals surface area (Å²) >= 11 is 0. The summed E-state index contributed by atoms with van der Waals surface area (Å²) < 4.78 is 28.6. The molecule has 3 unspecified atom stereocenters. The Kier molecular flexibility index (Phi) is 5.87. The Balaban J connectivity index is 1.51. The van der Waals surface area contributed by atoms with Crippen LogP contribution in [-0.4, -0.2) is 55.9 Å². The number of rotatable bonds is 7. The number of nitrogens with zero attached hydrogens (tertiary/aromatic N) is 1. The van der Waals surface area contributed by atoms with E-state index < -0.39 is 15.8 Å². The molecule has 6 nitrogen and oxygen atoms in total. The second kappa shape index (κ2) is 7.96. The normalized spacial score (nSPS) is 26.4. The molecule has 1 saturated heterocycles. The van der Waals surface area contributed by atoms with Crippen molar-refractivity contribution in [2.24, 2.45) is 5.92 Å². The number of benzene rings is 1. The Hall–Kier alpha value is -1.60. The van der Waals surface area contributed by atoms with Gasteiger partial charge in [0.15, 0.2) is 9.84 Å². The lowest BCUT2D eigenvalue weighted by Gasteiger charge is -2.32. The van der Waals surface area contributed by atoms with Crippen molar-refractivity contribution in [3.05, 3.63) is 24.3 Å². The zero-order chi connectivity index (χ0) is 18.7. The van der Waals surface area contributed by atoms with Gasteiger partial charge in [0.25, 0.3) is 0 Å². The zero-order valence-corrected chi connectivity index (χ0v) is 16.0. The number of aliphatic carboxylic acids is 1. The Labute approximate surface area is 155 Å². The first-order valence-corrected chi connectivity index (χ1v) is 11.2. The molecule has 2 fully saturated rings. The average molecular weight is 381 g/mol. The Morgan fingerprint density at radius 3 is 2.58 bits per heavy atom. The molecule has 0 amide bonds. The van der Waals surface area contributed by atoms with E-state index in [0.29, 0.717) is 24.3 Å². The van der Waals surface area contributed by atoms with Crippen molar-refractivity contribution in [2.45, 2.75) is 55.5 Å². The number of likely N-dealkylation sites (tertiary alicyclic amines) is 1. The first-order valence-electron chi connectivity index (χ1n) is 9.28. The van der Waals surface area contributed by atoms with Gasteiger partial charge in [0.05, 0.1) is 11.5 Å². The van der Waals surface area contributed by atoms with E-state index in [-0.39, 0.29) is 10.9 Å². The van der Waals surface area contributed by atoms with Crippen LogP contribution in [-0.2, 0) is 14.6 Å². The molecule has 0 radical (unpaired) electrons. The molecule has 0 spiro atoms. The van der Waals surface area contributed by atoms with Crippen LogP contribution in [0.2, 0.25) is 0 Å². The van der Waals surface area contributed by atoms with E-state index in [1.165, 1.54) is 31.2 Å². The van der Waals surface area contributed by atoms with E-state index in [1.54, 1.807) is 12.1 Å². The molecule has 1 aromatic carbocycles. The second-order valence-electron chi connectivity index (χ2n) is 7.39. The van der Waals surface area contributed by atoms with E-state index in [4.69, 9.17) is 4.74 Å². The fourth-order valence-electron chi connectivity index (χ4n) is 4.34. The van der Waals surface area contributed by atoms with Gasteiger partial charge in [-0.05, 0) is 55.9 Å². The summed E-state index contributed by atoms with van der Waals surface area (Å²) in [6, 6.07) is 6.43. The molecule has 1 N–H and O–H groups in total. The van der Waals surface area contributed by atoms with Gasteiger partial charge in [-0.25, -0.2) is 8.42 Å². The van der Waals surface area contributed by atoms with Gasteiger partial charge in [0, 0.05) is 18.8 Å². The Bertz CT molecular complexity index is 731. The van der Waals surface area contributed by atoms with Gasteiger partial charge in [0.1, 0.15) is 11.8 Å². The first kappa shape index (κ1) is 19.2. The second-order valence-corrected chi connectivity index (χ2v) is 9.40. The Morgan fingerprint density at radius 1 is 1.23 bits per heavy atom. The van der Waals surface area contributed by atoms with Gasteiger partial charge in [0.2, 0.25) is 0 Å². The summed E-state index contributed by atoms with van der Waals surface area (Å²) in [4.78, 5) is 14.0. The van der Waals surface area contributed by atoms with Crippen molar-refractivity contribution in [3.63, 3.8) is 0 Å². The van der Waals surface area contributed by atoms with Crippen LogP contribution in [0.4, 0.5) is 0 Å². The van der Waals surface area contributed by atoms with Crippen LogP contribution in [0.5, 0.6) is 5.75 Å². The molecular formula is C19H27NO5S. The standard InChI is InChI=1S/C19H27NO5S/c1-26(23,24)16-9-7-15(8-10-16)25-12-4-11-20-17-6-3-2-5-14(17)13-18(20)19(21)22/h7-10,14,17-18H,2-6,11-13H2,1H3,(H,21,22). The van der Waals surface area contributed by atoms with Crippen LogP contribution in [0.15, 0.2) is 29.2 Å². The quantitative estimate of drug-likeness (QED) is 0.731. The molecule has 1 saturated carbocycles. The SMILES string of the molecule is CS(=O)(=O)c1ccc(OCCCN2C(C(=O)O)CC3CCCCC32)cc1. The Morgan fingerprint density at radius 2 is 1.92 bits per heavy atom. The number of carboxylic acids is 1. The number of fused-ring (bicyclic) bond motifs is 1. The van der Waals surface area contributed by atoms with Gasteiger partial charge in [-0.2, -0.15) is 0 Å². The van der Waals surface area contributed by atoms with Crippen LogP contribution in [0.3, 0.4) is 0 Å². The van der Waals surface area contributed by atoms with Crippen LogP contribution < -0.4 is 4.74 Å². The lowest BCUT2D eigenvalue weighted by atomic mass is 9.85. The predicted octanol–water partition coefficient (Wildman–Crippen LogP) is 2.58. The van der Waals surface area contributed by atoms with E-state index in [9.17, 15) is 18.3 Å². The molecule has 1 aliphatic carbocycles. The number of ether oxygens (including phenoxy) is 1. The summed E-state index contributed by atoms with van der Waals surface area (Å²) in [6.07, 6.45) is 7.35. The fraction of sp³-hybridized carbons (Fsp3) is 0.632. The van der Waals surface area contributed by atoms with Crippen LogP contribution in [0, 0.1) is 5.92 Å². The van der Waals surface area contributed by atoms with E-state index >= 15 is 0 Å². The maximum Gasteiger partial charge on any atom is 0.320 e. The van der Waals surface area contributed by atoms with Gasteiger partial charge in [-0.15, -0.1) is 0 Å². The van der Waals surface area contributed by atoms with Crippen LogP contribution >= 0.6 is 0 Å². The molecule has 26 heavy (non-hydrogen) atoms. The van der Waals surface area contributed by atoms with Gasteiger partial charge in [-0.3, -0.25) is 9.69 Å². The molecule has 144 valence electrons. The van der Waals surface area contributed by atoms with E-state index in [1.807, 2.05) is 0 Å². The molecule has 0 bridgehead atoms. The molecule has 1 aromatic rings. The molecule has 3 atom stereocenters. The summed E-state index contributed by atoms with van der Waals surface area (Å²) in [6.45, 7) is 1.21. The number of hydrogen-bond acceptors (Lipinski definition) is 5. The maximum absolute atomic E-state index is 11.6. The maximum atomic E-state index is 11.6. The molecule has 7 heteroatoms. The van der Waals surface area contributed by atoms with Gasteiger partial charge in [-0.1, -0.05) is 12.8 Å². The minimum atomic E-state index is -3.20. The summed E-state index contributed by atoms with van der Waals surface area (Å²) in [7, 11) is -3.20. The van der Waals surface area contributed by atoms with Crippen LogP contribution in [0.1, 0.15) is 38.5 Å². The van der Waals surface area contributed by atoms with Crippen molar-refractivity contribution in [3.8, 4) is 5.75 Å². The number of sulfone groups is 1. The predicted molar refractivity (Wildman–Crippen MR) is 98.2 cm³/mol. The molecular weight excluding hydrogens is 354 g/mol. The lowest BCUT2D eigenvalue weighted by molar-refractivity contribution is -0.142. The highest BCUT2D eigenvalue weighted by Crippen LogP contribution is 2.39. The minimum Gasteiger partial charge on any atom is -0.494 e. The third kappa shape index (κ3) is 4.38. The highest BCUT2D eigenvalue weighted by molar-refractivity contribution is 7.90. The van der Waals surface area contributed by atoms with Crippen molar-refractivity contribution >= 4 is 15.8 Å². The lowest BCUT2D eigenvalue weighted by Crippen LogP contribution is -2.43. The first-order chi connectivity index (χ1) is 12.4. The monoisotopic (exact) mass is 381 g/mol. The molecule has 1 heterocycles. The van der Waals surface area contributed by atoms with Crippen molar-refractivity contribution in [1.29, 1.82) is 0 Å². The van der Waals surface area contributed by atoms with Crippen molar-refractivity contribution in [2.75, 3.05) is 19.4 Å². The van der Waals surface area contributed by atoms with Crippen molar-refractivity contribution < 1.29 is 23.1 Å². The van der Waals surface area contributed by atoms with Crippen LogP contribution in [0.25, 0.3) is 0 Å². The summed E-state index contributed by atoms with van der Waals surface area (Å²) in [5.74, 6) is 0.440. The van der Waals surface area contributed by atoms with Gasteiger partial charge < -0.3 is 9.84 Å². The largest absolute Gasteiger partial charge is 0.494 e. The van der Waals surface area contributed by atoms with E-state index in [2.05, 4.69) is 4.90 Å². The molecule has 3 rings (SSSR count). The van der Waals surface area contributed by atoms with E-state index in [0.717, 1.165) is 32.2 Å². The third-order valence-corrected chi connectivity index (χ3v) is 6.72. The topological polar surface area (TPSA) is 83.9 Å². The smallest absolute Gasteiger partial charge is 0.320 e. The highest BCUT2D eigenvalue weighted by atomic mass is 32.2. The molecule has 0 aromatic heterocycles. The fourth-order valence-corrected chi connectivity index (χ4v) is 4.97. The van der Waals surface area contributed by atoms with Gasteiger partial charge >= 0.3 is 5.97 Å². The third-order valence-electron chi connectivity index (χ3n) is 5.59. The molecule has 2 aliphatic rings.